The lowest BCUT2D eigenvalue weighted by Crippen LogP contribution is -2.67. The SMILES string of the molecule is CC(=O)N[C@@H]1[C@H](Oc2ccc(C(C)=O)c(O)c2)O[C@H](COC(C)=O)[C@H](OC(C)=O)[C@H]1OC(C)=O. The first-order valence-corrected chi connectivity index (χ1v) is 10.3. The third-order valence-electron chi connectivity index (χ3n) is 4.67. The van der Waals surface area contributed by atoms with Crippen LogP contribution in [0, 0.1) is 0 Å². The van der Waals surface area contributed by atoms with Gasteiger partial charge in [0.1, 0.15) is 30.3 Å². The number of hydrogen-bond acceptors (Lipinski definition) is 11. The number of carbonyl (C=O) groups is 5. The number of nitrogens with one attached hydrogen (secondary N) is 1. The number of amides is 1. The van der Waals surface area contributed by atoms with Crippen LogP contribution in [-0.4, -0.2) is 72.0 Å². The van der Waals surface area contributed by atoms with E-state index in [-0.39, 0.29) is 29.5 Å². The molecule has 0 unspecified atom stereocenters. The molecule has 12 nitrogen and oxygen atoms in total. The molecule has 1 aromatic carbocycles. The number of aromatic hydroxyl groups is 1. The molecule has 186 valence electrons. The number of carbonyl (C=O) groups excluding carboxylic acids is 5. The zero-order chi connectivity index (χ0) is 25.6. The van der Waals surface area contributed by atoms with Gasteiger partial charge in [-0.1, -0.05) is 0 Å². The molecule has 0 aliphatic carbocycles. The van der Waals surface area contributed by atoms with E-state index >= 15 is 0 Å². The van der Waals surface area contributed by atoms with Crippen molar-refractivity contribution in [1.82, 2.24) is 5.32 Å². The molecule has 5 atom stereocenters. The molecule has 0 spiro atoms. The maximum atomic E-state index is 11.9. The molecular formula is C22H27NO11. The van der Waals surface area contributed by atoms with E-state index in [1.807, 2.05) is 0 Å². The van der Waals surface area contributed by atoms with Crippen LogP contribution in [0.15, 0.2) is 18.2 Å². The van der Waals surface area contributed by atoms with Crippen LogP contribution in [-0.2, 0) is 38.1 Å². The van der Waals surface area contributed by atoms with E-state index in [9.17, 15) is 29.1 Å². The largest absolute Gasteiger partial charge is 0.507 e. The van der Waals surface area contributed by atoms with Crippen molar-refractivity contribution in [3.63, 3.8) is 0 Å². The molecule has 2 rings (SSSR count). The smallest absolute Gasteiger partial charge is 0.303 e. The fourth-order valence-electron chi connectivity index (χ4n) is 3.41. The van der Waals surface area contributed by atoms with Gasteiger partial charge >= 0.3 is 17.9 Å². The fraction of sp³-hybridized carbons (Fsp3) is 0.500. The number of hydrogen-bond donors (Lipinski definition) is 2. The van der Waals surface area contributed by atoms with Gasteiger partial charge in [0.05, 0.1) is 5.56 Å². The highest BCUT2D eigenvalue weighted by atomic mass is 16.7. The lowest BCUT2D eigenvalue weighted by Gasteiger charge is -2.44. The van der Waals surface area contributed by atoms with E-state index in [1.165, 1.54) is 39.0 Å². The van der Waals surface area contributed by atoms with Gasteiger partial charge in [-0.25, -0.2) is 0 Å². The third-order valence-corrected chi connectivity index (χ3v) is 4.67. The predicted molar refractivity (Wildman–Crippen MR) is 113 cm³/mol. The monoisotopic (exact) mass is 481 g/mol. The van der Waals surface area contributed by atoms with Crippen molar-refractivity contribution in [3.05, 3.63) is 23.8 Å². The van der Waals surface area contributed by atoms with Gasteiger partial charge in [0.2, 0.25) is 12.2 Å². The minimum Gasteiger partial charge on any atom is -0.507 e. The molecule has 12 heteroatoms. The second kappa shape index (κ2) is 11.5. The van der Waals surface area contributed by atoms with Crippen LogP contribution < -0.4 is 10.1 Å². The Morgan fingerprint density at radius 1 is 0.941 bits per heavy atom. The fourth-order valence-corrected chi connectivity index (χ4v) is 3.41. The molecule has 1 fully saturated rings. The molecule has 34 heavy (non-hydrogen) atoms. The van der Waals surface area contributed by atoms with Crippen molar-refractivity contribution in [2.24, 2.45) is 0 Å². The topological polar surface area (TPSA) is 164 Å². The normalized spacial score (nSPS) is 23.9. The minimum atomic E-state index is -1.34. The van der Waals surface area contributed by atoms with E-state index in [2.05, 4.69) is 5.32 Å². The van der Waals surface area contributed by atoms with Gasteiger partial charge < -0.3 is 34.1 Å². The van der Waals surface area contributed by atoms with Crippen LogP contribution in [0.5, 0.6) is 11.5 Å². The number of benzene rings is 1. The van der Waals surface area contributed by atoms with Crippen molar-refractivity contribution in [3.8, 4) is 11.5 Å². The molecule has 1 amide bonds. The van der Waals surface area contributed by atoms with Crippen LogP contribution in [0.25, 0.3) is 0 Å². The highest BCUT2D eigenvalue weighted by Gasteiger charge is 2.52. The van der Waals surface area contributed by atoms with Crippen molar-refractivity contribution in [2.45, 2.75) is 65.3 Å². The van der Waals surface area contributed by atoms with E-state index in [0.717, 1.165) is 13.8 Å². The number of phenolic OH excluding ortho intramolecular Hbond substituents is 1. The summed E-state index contributed by atoms with van der Waals surface area (Å²) in [5.74, 6) is -3.30. The second-order valence-electron chi connectivity index (χ2n) is 7.57. The maximum absolute atomic E-state index is 11.9. The number of ether oxygens (including phenoxy) is 5. The van der Waals surface area contributed by atoms with Gasteiger partial charge in [0.15, 0.2) is 18.0 Å². The van der Waals surface area contributed by atoms with Crippen LogP contribution in [0.4, 0.5) is 0 Å². The Kier molecular flexibility index (Phi) is 8.96. The van der Waals surface area contributed by atoms with E-state index < -0.39 is 54.5 Å². The lowest BCUT2D eigenvalue weighted by atomic mass is 9.96. The summed E-state index contributed by atoms with van der Waals surface area (Å²) in [7, 11) is 0. The molecular weight excluding hydrogens is 454 g/mol. The Hall–Kier alpha value is -3.67. The minimum absolute atomic E-state index is 0.0570. The summed E-state index contributed by atoms with van der Waals surface area (Å²) in [5.41, 5.74) is 0.0655. The van der Waals surface area contributed by atoms with Gasteiger partial charge in [-0.2, -0.15) is 0 Å². The second-order valence-corrected chi connectivity index (χ2v) is 7.57. The van der Waals surface area contributed by atoms with Gasteiger partial charge in [-0.05, 0) is 19.1 Å². The average Bonchev–Trinajstić information content (AvgIpc) is 2.69. The van der Waals surface area contributed by atoms with Crippen LogP contribution in [0.1, 0.15) is 45.0 Å². The third kappa shape index (κ3) is 7.17. The summed E-state index contributed by atoms with van der Waals surface area (Å²) in [6.07, 6.45) is -5.03. The van der Waals surface area contributed by atoms with Crippen molar-refractivity contribution in [2.75, 3.05) is 6.61 Å². The molecule has 1 saturated heterocycles. The molecule has 0 aromatic heterocycles. The van der Waals surface area contributed by atoms with Crippen molar-refractivity contribution < 1.29 is 52.8 Å². The standard InChI is InChI=1S/C22H27NO11/c1-10(24)16-7-6-15(8-17(16)29)33-22-19(23-11(2)25)21(32-14(5)28)20(31-13(4)27)18(34-22)9-30-12(3)26/h6-8,18-22,29H,9H2,1-5H3,(H,23,25)/t18-,19+,20+,21+,22-/m1/s1. The molecule has 1 aliphatic heterocycles. The molecule has 1 aliphatic rings. The van der Waals surface area contributed by atoms with E-state index in [4.69, 9.17) is 23.7 Å². The summed E-state index contributed by atoms with van der Waals surface area (Å²) < 4.78 is 27.4. The Balaban J connectivity index is 2.47. The van der Waals surface area contributed by atoms with Crippen LogP contribution in [0.2, 0.25) is 0 Å². The Morgan fingerprint density at radius 3 is 2.06 bits per heavy atom. The first kappa shape index (κ1) is 26.6. The van der Waals surface area contributed by atoms with Crippen molar-refractivity contribution >= 4 is 29.6 Å². The zero-order valence-corrected chi connectivity index (χ0v) is 19.4. The number of ketones is 1. The van der Waals surface area contributed by atoms with E-state index in [0.29, 0.717) is 0 Å². The Bertz CT molecular complexity index is 960. The van der Waals surface area contributed by atoms with Gasteiger partial charge in [0.25, 0.3) is 0 Å². The summed E-state index contributed by atoms with van der Waals surface area (Å²) in [5, 5.41) is 12.7. The quantitative estimate of drug-likeness (QED) is 0.304. The number of rotatable bonds is 8. The average molecular weight is 481 g/mol. The highest BCUT2D eigenvalue weighted by Crippen LogP contribution is 2.31. The molecule has 0 saturated carbocycles. The summed E-state index contributed by atoms with van der Waals surface area (Å²) in [4.78, 5) is 58.5. The predicted octanol–water partition coefficient (Wildman–Crippen LogP) is 0.630. The summed E-state index contributed by atoms with van der Waals surface area (Å²) in [6.45, 7) is 5.53. The summed E-state index contributed by atoms with van der Waals surface area (Å²) in [6, 6.07) is 2.73. The molecule has 0 bridgehead atoms. The zero-order valence-electron chi connectivity index (χ0n) is 19.4. The number of Topliss-reactive ketones (excluding diaryl/α,β-unsaturated/α-hetero) is 1. The molecule has 0 radical (unpaired) electrons. The molecule has 1 heterocycles. The number of phenols is 1. The van der Waals surface area contributed by atoms with Crippen LogP contribution in [0.3, 0.4) is 0 Å². The summed E-state index contributed by atoms with van der Waals surface area (Å²) >= 11 is 0. The molecule has 1 aromatic rings. The maximum Gasteiger partial charge on any atom is 0.303 e. The lowest BCUT2D eigenvalue weighted by molar-refractivity contribution is -0.257. The first-order chi connectivity index (χ1) is 15.9. The molecule has 2 N–H and O–H groups in total. The van der Waals surface area contributed by atoms with Gasteiger partial charge in [0, 0.05) is 33.8 Å². The Labute approximate surface area is 195 Å². The number of esters is 3. The highest BCUT2D eigenvalue weighted by molar-refractivity contribution is 5.96. The van der Waals surface area contributed by atoms with Gasteiger partial charge in [-0.3, -0.25) is 24.0 Å². The van der Waals surface area contributed by atoms with Gasteiger partial charge in [-0.15, -0.1) is 0 Å². The first-order valence-electron chi connectivity index (χ1n) is 10.3. The van der Waals surface area contributed by atoms with Crippen LogP contribution >= 0.6 is 0 Å². The Morgan fingerprint density at radius 2 is 1.56 bits per heavy atom. The van der Waals surface area contributed by atoms with E-state index in [1.54, 1.807) is 0 Å². The van der Waals surface area contributed by atoms with Crippen molar-refractivity contribution in [1.29, 1.82) is 0 Å².